The first-order valence-electron chi connectivity index (χ1n) is 8.89. The van der Waals surface area contributed by atoms with E-state index in [4.69, 9.17) is 0 Å². The van der Waals surface area contributed by atoms with E-state index >= 15 is 0 Å². The number of H-pyrrole nitrogens is 1. The van der Waals surface area contributed by atoms with E-state index in [0.29, 0.717) is 18.9 Å². The molecule has 27 heavy (non-hydrogen) atoms. The van der Waals surface area contributed by atoms with Gasteiger partial charge in [0.05, 0.1) is 5.69 Å². The molecule has 2 aromatic rings. The van der Waals surface area contributed by atoms with Gasteiger partial charge >= 0.3 is 6.03 Å². The largest absolute Gasteiger partial charge is 0.331 e. The summed E-state index contributed by atoms with van der Waals surface area (Å²) in [6, 6.07) is 7.74. The summed E-state index contributed by atoms with van der Waals surface area (Å²) in [5, 5.41) is 0. The Morgan fingerprint density at radius 1 is 1.26 bits per heavy atom. The van der Waals surface area contributed by atoms with Crippen molar-refractivity contribution in [3.63, 3.8) is 0 Å². The van der Waals surface area contributed by atoms with Crippen LogP contribution in [0.15, 0.2) is 29.1 Å². The first-order chi connectivity index (χ1) is 12.8. The number of nitrogens with zero attached hydrogens (tertiary/aromatic N) is 4. The van der Waals surface area contributed by atoms with Crippen LogP contribution in [0.25, 0.3) is 11.4 Å². The molecular formula is C19H24FN5O2. The van der Waals surface area contributed by atoms with Crippen LogP contribution in [0.2, 0.25) is 0 Å². The van der Waals surface area contributed by atoms with Gasteiger partial charge in [-0.15, -0.1) is 0 Å². The number of hydrogen-bond acceptors (Lipinski definition) is 4. The number of carbonyl (C=O) groups is 1. The van der Waals surface area contributed by atoms with E-state index in [1.165, 1.54) is 6.92 Å². The second-order valence-electron chi connectivity index (χ2n) is 6.95. The molecule has 144 valence electrons. The number of rotatable bonds is 3. The van der Waals surface area contributed by atoms with Gasteiger partial charge < -0.3 is 14.8 Å². The Labute approximate surface area is 157 Å². The van der Waals surface area contributed by atoms with Gasteiger partial charge in [-0.05, 0) is 18.6 Å². The van der Waals surface area contributed by atoms with E-state index in [1.54, 1.807) is 19.0 Å². The van der Waals surface area contributed by atoms with Crippen molar-refractivity contribution >= 4 is 6.03 Å². The second kappa shape index (κ2) is 7.87. The highest BCUT2D eigenvalue weighted by molar-refractivity contribution is 5.73. The SMILES string of the molecule is Cc1nc(-c2cccc(CN3CCN(C(=O)N(C)C)CC3)c2)[nH]c(=O)c1F. The van der Waals surface area contributed by atoms with Crippen molar-refractivity contribution < 1.29 is 9.18 Å². The summed E-state index contributed by atoms with van der Waals surface area (Å²) in [6.45, 7) is 5.21. The van der Waals surface area contributed by atoms with Gasteiger partial charge in [0.15, 0.2) is 0 Å². The molecule has 2 amide bonds. The van der Waals surface area contributed by atoms with Crippen LogP contribution < -0.4 is 5.56 Å². The third-order valence-corrected chi connectivity index (χ3v) is 4.66. The molecule has 2 heterocycles. The molecule has 0 saturated carbocycles. The molecule has 1 aliphatic heterocycles. The number of amides is 2. The van der Waals surface area contributed by atoms with Gasteiger partial charge in [0, 0.05) is 52.4 Å². The Balaban J connectivity index is 1.69. The molecule has 1 aliphatic rings. The van der Waals surface area contributed by atoms with Gasteiger partial charge in [-0.2, -0.15) is 4.39 Å². The zero-order chi connectivity index (χ0) is 19.6. The molecule has 0 aliphatic carbocycles. The zero-order valence-corrected chi connectivity index (χ0v) is 15.8. The number of piperazine rings is 1. The predicted octanol–water partition coefficient (Wildman–Crippen LogP) is 1.68. The standard InChI is InChI=1S/C19H24FN5O2/c1-13-16(20)18(26)22-17(21-13)15-6-4-5-14(11-15)12-24-7-9-25(10-8-24)19(27)23(2)3/h4-6,11H,7-10,12H2,1-3H3,(H,21,22,26). The zero-order valence-electron chi connectivity index (χ0n) is 15.8. The minimum atomic E-state index is -0.847. The molecule has 1 fully saturated rings. The van der Waals surface area contributed by atoms with E-state index < -0.39 is 11.4 Å². The molecule has 1 saturated heterocycles. The smallest absolute Gasteiger partial charge is 0.319 e. The maximum atomic E-state index is 13.5. The highest BCUT2D eigenvalue weighted by atomic mass is 19.1. The van der Waals surface area contributed by atoms with Crippen LogP contribution in [0.4, 0.5) is 9.18 Å². The molecule has 0 unspecified atom stereocenters. The van der Waals surface area contributed by atoms with Crippen LogP contribution in [-0.4, -0.2) is 71.0 Å². The van der Waals surface area contributed by atoms with E-state index in [1.807, 2.05) is 29.2 Å². The molecule has 0 bridgehead atoms. The lowest BCUT2D eigenvalue weighted by atomic mass is 10.1. The van der Waals surface area contributed by atoms with Crippen molar-refractivity contribution in [3.8, 4) is 11.4 Å². The summed E-state index contributed by atoms with van der Waals surface area (Å²) in [7, 11) is 3.52. The van der Waals surface area contributed by atoms with Crippen molar-refractivity contribution in [2.45, 2.75) is 13.5 Å². The molecule has 3 rings (SSSR count). The number of urea groups is 1. The second-order valence-corrected chi connectivity index (χ2v) is 6.95. The average molecular weight is 373 g/mol. The number of aromatic amines is 1. The normalized spacial score (nSPS) is 15.0. The van der Waals surface area contributed by atoms with Crippen molar-refractivity contribution in [3.05, 3.63) is 51.7 Å². The van der Waals surface area contributed by atoms with Gasteiger partial charge in [-0.1, -0.05) is 18.2 Å². The van der Waals surface area contributed by atoms with Crippen LogP contribution in [0.1, 0.15) is 11.3 Å². The lowest BCUT2D eigenvalue weighted by molar-refractivity contribution is 0.120. The molecule has 1 N–H and O–H groups in total. The molecule has 1 aromatic carbocycles. The number of carbonyl (C=O) groups excluding carboxylic acids is 1. The van der Waals surface area contributed by atoms with Gasteiger partial charge in [0.2, 0.25) is 5.82 Å². The lowest BCUT2D eigenvalue weighted by Crippen LogP contribution is -2.51. The summed E-state index contributed by atoms with van der Waals surface area (Å²) in [5.74, 6) is -0.484. The molecule has 0 radical (unpaired) electrons. The maximum Gasteiger partial charge on any atom is 0.319 e. The van der Waals surface area contributed by atoms with E-state index in [-0.39, 0.29) is 11.7 Å². The van der Waals surface area contributed by atoms with Crippen molar-refractivity contribution in [1.82, 2.24) is 24.7 Å². The molecule has 7 nitrogen and oxygen atoms in total. The number of nitrogens with one attached hydrogen (secondary N) is 1. The molecule has 0 spiro atoms. The van der Waals surface area contributed by atoms with Gasteiger partial charge in [-0.3, -0.25) is 9.69 Å². The quantitative estimate of drug-likeness (QED) is 0.889. The summed E-state index contributed by atoms with van der Waals surface area (Å²) in [6.07, 6.45) is 0. The third kappa shape index (κ3) is 4.33. The number of halogens is 1. The Morgan fingerprint density at radius 3 is 2.59 bits per heavy atom. The summed E-state index contributed by atoms with van der Waals surface area (Å²) < 4.78 is 13.5. The Bertz CT molecular complexity index is 888. The van der Waals surface area contributed by atoms with Crippen LogP contribution in [0.5, 0.6) is 0 Å². The van der Waals surface area contributed by atoms with Crippen molar-refractivity contribution in [2.24, 2.45) is 0 Å². The monoisotopic (exact) mass is 373 g/mol. The fourth-order valence-electron chi connectivity index (χ4n) is 3.16. The van der Waals surface area contributed by atoms with Gasteiger partial charge in [-0.25, -0.2) is 9.78 Å². The van der Waals surface area contributed by atoms with Crippen LogP contribution >= 0.6 is 0 Å². The Kier molecular flexibility index (Phi) is 5.55. The summed E-state index contributed by atoms with van der Waals surface area (Å²) in [5.41, 5.74) is 1.14. The van der Waals surface area contributed by atoms with Gasteiger partial charge in [0.1, 0.15) is 5.82 Å². The summed E-state index contributed by atoms with van der Waals surface area (Å²) >= 11 is 0. The van der Waals surface area contributed by atoms with E-state index in [9.17, 15) is 14.0 Å². The molecule has 0 atom stereocenters. The molecule has 8 heteroatoms. The molecule has 1 aromatic heterocycles. The minimum Gasteiger partial charge on any atom is -0.331 e. The van der Waals surface area contributed by atoms with E-state index in [0.717, 1.165) is 30.8 Å². The van der Waals surface area contributed by atoms with Gasteiger partial charge in [0.25, 0.3) is 5.56 Å². The summed E-state index contributed by atoms with van der Waals surface area (Å²) in [4.78, 5) is 36.0. The number of aryl methyl sites for hydroxylation is 1. The molecular weight excluding hydrogens is 349 g/mol. The first-order valence-corrected chi connectivity index (χ1v) is 8.89. The lowest BCUT2D eigenvalue weighted by Gasteiger charge is -2.36. The highest BCUT2D eigenvalue weighted by Crippen LogP contribution is 2.18. The number of hydrogen-bond donors (Lipinski definition) is 1. The van der Waals surface area contributed by atoms with Crippen LogP contribution in [0.3, 0.4) is 0 Å². The maximum absolute atomic E-state index is 13.5. The highest BCUT2D eigenvalue weighted by Gasteiger charge is 2.22. The fourth-order valence-corrected chi connectivity index (χ4v) is 3.16. The van der Waals surface area contributed by atoms with Crippen molar-refractivity contribution in [1.29, 1.82) is 0 Å². The first kappa shape index (κ1) is 19.0. The van der Waals surface area contributed by atoms with Crippen LogP contribution in [0, 0.1) is 12.7 Å². The predicted molar refractivity (Wildman–Crippen MR) is 101 cm³/mol. The fraction of sp³-hybridized carbons (Fsp3) is 0.421. The van der Waals surface area contributed by atoms with Crippen LogP contribution in [-0.2, 0) is 6.54 Å². The Morgan fingerprint density at radius 2 is 1.96 bits per heavy atom. The average Bonchev–Trinajstić information content (AvgIpc) is 2.66. The van der Waals surface area contributed by atoms with Crippen molar-refractivity contribution in [2.75, 3.05) is 40.3 Å². The van der Waals surface area contributed by atoms with E-state index in [2.05, 4.69) is 14.9 Å². The number of benzene rings is 1. The number of aromatic nitrogens is 2. The topological polar surface area (TPSA) is 72.5 Å². The Hall–Kier alpha value is -2.74. The third-order valence-electron chi connectivity index (χ3n) is 4.66. The minimum absolute atomic E-state index is 0.0401.